The Morgan fingerprint density at radius 2 is 2.00 bits per heavy atom. The van der Waals surface area contributed by atoms with Crippen molar-refractivity contribution in [3.8, 4) is 17.6 Å². The number of pyridine rings is 1. The molecule has 2 aromatic rings. The zero-order chi connectivity index (χ0) is 20.9. The van der Waals surface area contributed by atoms with E-state index in [1.165, 1.54) is 30.2 Å². The predicted octanol–water partition coefficient (Wildman–Crippen LogP) is 4.85. The van der Waals surface area contributed by atoms with Crippen molar-refractivity contribution >= 4 is 23.4 Å². The van der Waals surface area contributed by atoms with Crippen LogP contribution in [0, 0.1) is 11.3 Å². The van der Waals surface area contributed by atoms with Crippen molar-refractivity contribution in [1.82, 2.24) is 4.98 Å². The van der Waals surface area contributed by atoms with Gasteiger partial charge in [-0.05, 0) is 55.9 Å². The molecule has 1 N–H and O–H groups in total. The normalized spacial score (nSPS) is 16.0. The summed E-state index contributed by atoms with van der Waals surface area (Å²) in [6, 6.07) is 9.62. The Kier molecular flexibility index (Phi) is 6.44. The van der Waals surface area contributed by atoms with Gasteiger partial charge in [-0.25, -0.2) is 4.98 Å². The van der Waals surface area contributed by atoms with E-state index < -0.39 is 0 Å². The van der Waals surface area contributed by atoms with Gasteiger partial charge in [0.1, 0.15) is 11.1 Å². The van der Waals surface area contributed by atoms with Crippen LogP contribution in [0.15, 0.2) is 29.3 Å². The van der Waals surface area contributed by atoms with Gasteiger partial charge in [0.15, 0.2) is 11.5 Å². The number of thioether (sulfide) groups is 1. The molecule has 2 heterocycles. The third kappa shape index (κ3) is 4.54. The number of carbonyl (C=O) groups is 1. The molecule has 0 fully saturated rings. The molecule has 1 unspecified atom stereocenters. The number of ether oxygens (including phenoxy) is 2. The molecule has 1 aliphatic carbocycles. The molecule has 0 radical (unpaired) electrons. The SMILES string of the molecule is CCC(Sc1nc2c(cc1C#N)CCCCCC2)C(=O)Nc1ccc2c(c1)OCO2. The highest BCUT2D eigenvalue weighted by Gasteiger charge is 2.23. The molecule has 1 atom stereocenters. The second-order valence-corrected chi connectivity index (χ2v) is 8.74. The lowest BCUT2D eigenvalue weighted by Gasteiger charge is -2.18. The molecular formula is C23H25N3O3S. The van der Waals surface area contributed by atoms with Crippen LogP contribution in [0.3, 0.4) is 0 Å². The molecule has 156 valence electrons. The fourth-order valence-electron chi connectivity index (χ4n) is 3.79. The lowest BCUT2D eigenvalue weighted by atomic mass is 9.96. The largest absolute Gasteiger partial charge is 0.454 e. The van der Waals surface area contributed by atoms with Crippen molar-refractivity contribution in [2.75, 3.05) is 12.1 Å². The van der Waals surface area contributed by atoms with Gasteiger partial charge < -0.3 is 14.8 Å². The van der Waals surface area contributed by atoms with Gasteiger partial charge in [-0.2, -0.15) is 5.26 Å². The van der Waals surface area contributed by atoms with Crippen molar-refractivity contribution in [2.45, 2.75) is 62.1 Å². The van der Waals surface area contributed by atoms with Crippen LogP contribution in [0.5, 0.6) is 11.5 Å². The molecule has 1 aromatic heterocycles. The number of nitrogens with zero attached hydrogens (tertiary/aromatic N) is 2. The Labute approximate surface area is 181 Å². The first-order valence-corrected chi connectivity index (χ1v) is 11.4. The van der Waals surface area contributed by atoms with Crippen LogP contribution in [0.4, 0.5) is 5.69 Å². The van der Waals surface area contributed by atoms with E-state index in [4.69, 9.17) is 14.5 Å². The topological polar surface area (TPSA) is 84.2 Å². The number of nitrogens with one attached hydrogen (secondary N) is 1. The highest BCUT2D eigenvalue weighted by atomic mass is 32.2. The molecule has 6 nitrogen and oxygen atoms in total. The summed E-state index contributed by atoms with van der Waals surface area (Å²) in [6.45, 7) is 2.16. The number of aromatic nitrogens is 1. The van der Waals surface area contributed by atoms with E-state index in [2.05, 4.69) is 11.4 Å². The first kappa shape index (κ1) is 20.5. The fraction of sp³-hybridized carbons (Fsp3) is 0.435. The third-order valence-electron chi connectivity index (χ3n) is 5.44. The smallest absolute Gasteiger partial charge is 0.237 e. The summed E-state index contributed by atoms with van der Waals surface area (Å²) in [7, 11) is 0. The number of hydrogen-bond acceptors (Lipinski definition) is 6. The Morgan fingerprint density at radius 1 is 1.20 bits per heavy atom. The zero-order valence-corrected chi connectivity index (χ0v) is 17.9. The predicted molar refractivity (Wildman–Crippen MR) is 116 cm³/mol. The average molecular weight is 424 g/mol. The molecule has 1 aliphatic heterocycles. The maximum Gasteiger partial charge on any atom is 0.237 e. The van der Waals surface area contributed by atoms with Crippen molar-refractivity contribution in [3.63, 3.8) is 0 Å². The number of rotatable bonds is 5. The summed E-state index contributed by atoms with van der Waals surface area (Å²) < 4.78 is 10.7. The Bertz CT molecular complexity index is 986. The van der Waals surface area contributed by atoms with E-state index in [9.17, 15) is 10.1 Å². The first-order valence-electron chi connectivity index (χ1n) is 10.5. The number of anilines is 1. The fourth-order valence-corrected chi connectivity index (χ4v) is 4.79. The van der Waals surface area contributed by atoms with Crippen molar-refractivity contribution in [2.24, 2.45) is 0 Å². The van der Waals surface area contributed by atoms with Crippen LogP contribution >= 0.6 is 11.8 Å². The monoisotopic (exact) mass is 423 g/mol. The summed E-state index contributed by atoms with van der Waals surface area (Å²) in [5.41, 5.74) is 3.50. The summed E-state index contributed by atoms with van der Waals surface area (Å²) in [5.74, 6) is 1.19. The van der Waals surface area contributed by atoms with Gasteiger partial charge in [-0.15, -0.1) is 0 Å². The van der Waals surface area contributed by atoms with Gasteiger partial charge in [0.25, 0.3) is 0 Å². The van der Waals surface area contributed by atoms with Crippen LogP contribution in [-0.4, -0.2) is 22.9 Å². The summed E-state index contributed by atoms with van der Waals surface area (Å²) in [6.07, 6.45) is 7.26. The van der Waals surface area contributed by atoms with Crippen LogP contribution in [0.25, 0.3) is 0 Å². The second kappa shape index (κ2) is 9.40. The molecule has 1 amide bonds. The molecular weight excluding hydrogens is 398 g/mol. The summed E-state index contributed by atoms with van der Waals surface area (Å²) >= 11 is 1.38. The summed E-state index contributed by atoms with van der Waals surface area (Å²) in [4.78, 5) is 17.8. The number of fused-ring (bicyclic) bond motifs is 2. The number of aryl methyl sites for hydroxylation is 2. The Morgan fingerprint density at radius 3 is 2.80 bits per heavy atom. The van der Waals surface area contributed by atoms with Gasteiger partial charge in [0, 0.05) is 17.4 Å². The van der Waals surface area contributed by atoms with E-state index >= 15 is 0 Å². The molecule has 0 saturated heterocycles. The van der Waals surface area contributed by atoms with Gasteiger partial charge in [0.05, 0.1) is 10.8 Å². The Balaban J connectivity index is 1.51. The lowest BCUT2D eigenvalue weighted by Crippen LogP contribution is -2.25. The molecule has 7 heteroatoms. The van der Waals surface area contributed by atoms with Crippen LogP contribution in [0.2, 0.25) is 0 Å². The number of benzene rings is 1. The van der Waals surface area contributed by atoms with Gasteiger partial charge in [-0.3, -0.25) is 4.79 Å². The second-order valence-electron chi connectivity index (χ2n) is 7.54. The van der Waals surface area contributed by atoms with Crippen molar-refractivity contribution in [3.05, 3.63) is 41.1 Å². The van der Waals surface area contributed by atoms with Gasteiger partial charge in [-0.1, -0.05) is 31.5 Å². The molecule has 0 spiro atoms. The number of hydrogen-bond donors (Lipinski definition) is 1. The van der Waals surface area contributed by atoms with Gasteiger partial charge >= 0.3 is 0 Å². The first-order chi connectivity index (χ1) is 14.7. The number of nitriles is 1. The molecule has 4 rings (SSSR count). The molecule has 1 aromatic carbocycles. The highest BCUT2D eigenvalue weighted by Crippen LogP contribution is 2.35. The minimum atomic E-state index is -0.346. The minimum Gasteiger partial charge on any atom is -0.454 e. The van der Waals surface area contributed by atoms with Crippen LogP contribution in [0.1, 0.15) is 55.8 Å². The highest BCUT2D eigenvalue weighted by molar-refractivity contribution is 8.00. The van der Waals surface area contributed by atoms with E-state index in [0.29, 0.717) is 34.2 Å². The zero-order valence-electron chi connectivity index (χ0n) is 17.1. The van der Waals surface area contributed by atoms with E-state index in [1.54, 1.807) is 18.2 Å². The number of carbonyl (C=O) groups excluding carboxylic acids is 1. The quantitative estimate of drug-likeness (QED) is 0.692. The number of amides is 1. The molecule has 2 aliphatic rings. The van der Waals surface area contributed by atoms with Crippen LogP contribution < -0.4 is 14.8 Å². The van der Waals surface area contributed by atoms with Crippen molar-refractivity contribution < 1.29 is 14.3 Å². The molecule has 30 heavy (non-hydrogen) atoms. The standard InChI is InChI=1S/C23H25N3O3S/c1-2-21(22(27)25-17-9-10-19-20(12-17)29-14-28-19)30-23-16(13-24)11-15-7-5-3-4-6-8-18(15)26-23/h9-12,21H,2-8,14H2,1H3,(H,25,27). The average Bonchev–Trinajstić information content (AvgIpc) is 3.20. The van der Waals surface area contributed by atoms with Gasteiger partial charge in [0.2, 0.25) is 12.7 Å². The van der Waals surface area contributed by atoms with Crippen molar-refractivity contribution in [1.29, 1.82) is 5.26 Å². The van der Waals surface area contributed by atoms with E-state index in [0.717, 1.165) is 31.4 Å². The Hall–Kier alpha value is -2.72. The molecule has 0 bridgehead atoms. The van der Waals surface area contributed by atoms with E-state index in [-0.39, 0.29) is 18.0 Å². The maximum atomic E-state index is 12.9. The van der Waals surface area contributed by atoms with Crippen LogP contribution in [-0.2, 0) is 17.6 Å². The summed E-state index contributed by atoms with van der Waals surface area (Å²) in [5, 5.41) is 12.9. The third-order valence-corrected chi connectivity index (χ3v) is 6.81. The maximum absolute atomic E-state index is 12.9. The van der Waals surface area contributed by atoms with E-state index in [1.807, 2.05) is 13.0 Å². The molecule has 0 saturated carbocycles. The lowest BCUT2D eigenvalue weighted by molar-refractivity contribution is -0.115. The minimum absolute atomic E-state index is 0.112.